The summed E-state index contributed by atoms with van der Waals surface area (Å²) in [6.07, 6.45) is 6.86. The molecule has 0 N–H and O–H groups in total. The van der Waals surface area contributed by atoms with Crippen LogP contribution in [0.25, 0.3) is 0 Å². The molecule has 0 radical (unpaired) electrons. The van der Waals surface area contributed by atoms with Gasteiger partial charge in [-0.3, -0.25) is 9.58 Å². The minimum atomic E-state index is 0.698. The molecule has 2 aliphatic rings. The number of ether oxygens (including phenoxy) is 1. The quantitative estimate of drug-likeness (QED) is 0.842. The van der Waals surface area contributed by atoms with E-state index in [0.29, 0.717) is 5.92 Å². The van der Waals surface area contributed by atoms with E-state index in [1.54, 1.807) is 0 Å². The molecule has 4 rings (SSSR count). The van der Waals surface area contributed by atoms with Gasteiger partial charge in [-0.2, -0.15) is 5.10 Å². The molecule has 6 heteroatoms. The number of fused-ring (bicyclic) bond motifs is 1. The summed E-state index contributed by atoms with van der Waals surface area (Å²) >= 11 is 0. The first-order valence-corrected chi connectivity index (χ1v) is 7.59. The van der Waals surface area contributed by atoms with E-state index >= 15 is 0 Å². The van der Waals surface area contributed by atoms with E-state index < -0.39 is 0 Å². The van der Waals surface area contributed by atoms with Gasteiger partial charge in [-0.05, 0) is 12.3 Å². The Balaban J connectivity index is 1.49. The lowest BCUT2D eigenvalue weighted by Gasteiger charge is -2.19. The van der Waals surface area contributed by atoms with Crippen molar-refractivity contribution in [2.45, 2.75) is 26.1 Å². The summed E-state index contributed by atoms with van der Waals surface area (Å²) in [7, 11) is 2.05. The van der Waals surface area contributed by atoms with Gasteiger partial charge in [0, 0.05) is 51.2 Å². The van der Waals surface area contributed by atoms with Gasteiger partial charge in [0.2, 0.25) is 0 Å². The van der Waals surface area contributed by atoms with Gasteiger partial charge < -0.3 is 9.30 Å². The molecule has 1 fully saturated rings. The first-order valence-electron chi connectivity index (χ1n) is 7.59. The molecule has 4 heterocycles. The molecule has 2 aromatic heterocycles. The van der Waals surface area contributed by atoms with Gasteiger partial charge in [-0.15, -0.1) is 0 Å². The predicted molar refractivity (Wildman–Crippen MR) is 77.6 cm³/mol. The van der Waals surface area contributed by atoms with Gasteiger partial charge in [0.15, 0.2) is 0 Å². The zero-order valence-electron chi connectivity index (χ0n) is 12.4. The number of hydrogen-bond donors (Lipinski definition) is 0. The van der Waals surface area contributed by atoms with E-state index in [2.05, 4.69) is 21.5 Å². The minimum absolute atomic E-state index is 0.698. The summed E-state index contributed by atoms with van der Waals surface area (Å²) in [6.45, 7) is 5.83. The average molecular weight is 287 g/mol. The predicted octanol–water partition coefficient (Wildman–Crippen LogP) is 1.02. The Morgan fingerprint density at radius 3 is 3.10 bits per heavy atom. The maximum atomic E-state index is 5.49. The highest BCUT2D eigenvalue weighted by Gasteiger charge is 2.29. The Morgan fingerprint density at radius 2 is 2.33 bits per heavy atom. The van der Waals surface area contributed by atoms with Crippen molar-refractivity contribution in [2.75, 3.05) is 19.8 Å². The van der Waals surface area contributed by atoms with Crippen molar-refractivity contribution in [1.29, 1.82) is 0 Å². The van der Waals surface area contributed by atoms with E-state index in [1.807, 2.05) is 23.4 Å². The first kappa shape index (κ1) is 13.0. The Hall–Kier alpha value is -1.66. The summed E-state index contributed by atoms with van der Waals surface area (Å²) in [5.74, 6) is 0.698. The Morgan fingerprint density at radius 1 is 1.38 bits per heavy atom. The number of aryl methyl sites for hydroxylation is 1. The second-order valence-corrected chi connectivity index (χ2v) is 6.13. The summed E-state index contributed by atoms with van der Waals surface area (Å²) in [4.78, 5) is 6.64. The van der Waals surface area contributed by atoms with Crippen LogP contribution in [0.2, 0.25) is 0 Å². The van der Waals surface area contributed by atoms with E-state index in [9.17, 15) is 0 Å². The summed E-state index contributed by atoms with van der Waals surface area (Å²) in [5, 5.41) is 4.69. The van der Waals surface area contributed by atoms with Crippen LogP contribution in [0.15, 0.2) is 18.7 Å². The molecule has 0 aliphatic carbocycles. The number of nitrogens with zero attached hydrogens (tertiary/aromatic N) is 5. The molecule has 21 heavy (non-hydrogen) atoms. The highest BCUT2D eigenvalue weighted by molar-refractivity contribution is 5.30. The standard InChI is InChI=1S/C15H21N5O/c1-18-15-9-20(6-12-2-5-21-10-12)7-13(15)14(17-18)8-19-4-3-16-11-19/h3-4,11-12H,2,5-10H2,1H3. The normalized spacial score (nSPS) is 22.0. The molecule has 1 saturated heterocycles. The van der Waals surface area contributed by atoms with Gasteiger partial charge in [-0.25, -0.2) is 4.98 Å². The lowest BCUT2D eigenvalue weighted by molar-refractivity contribution is 0.166. The monoisotopic (exact) mass is 287 g/mol. The number of rotatable bonds is 4. The van der Waals surface area contributed by atoms with Crippen molar-refractivity contribution in [3.63, 3.8) is 0 Å². The third-order valence-electron chi connectivity index (χ3n) is 4.55. The van der Waals surface area contributed by atoms with Gasteiger partial charge in [-0.1, -0.05) is 0 Å². The molecule has 112 valence electrons. The fourth-order valence-corrected chi connectivity index (χ4v) is 3.44. The summed E-state index contributed by atoms with van der Waals surface area (Å²) < 4.78 is 9.62. The van der Waals surface area contributed by atoms with Crippen LogP contribution < -0.4 is 0 Å². The molecule has 1 atom stereocenters. The van der Waals surface area contributed by atoms with Crippen LogP contribution >= 0.6 is 0 Å². The Bertz CT molecular complexity index is 612. The molecular formula is C15H21N5O. The largest absolute Gasteiger partial charge is 0.381 e. The summed E-state index contributed by atoms with van der Waals surface area (Å²) in [6, 6.07) is 0. The van der Waals surface area contributed by atoms with E-state index in [1.165, 1.54) is 23.4 Å². The molecule has 1 unspecified atom stereocenters. The summed E-state index contributed by atoms with van der Waals surface area (Å²) in [5.41, 5.74) is 3.95. The van der Waals surface area contributed by atoms with Gasteiger partial charge >= 0.3 is 0 Å². The topological polar surface area (TPSA) is 48.1 Å². The fourth-order valence-electron chi connectivity index (χ4n) is 3.44. The number of aromatic nitrogens is 4. The lowest BCUT2D eigenvalue weighted by atomic mass is 10.1. The maximum absolute atomic E-state index is 5.49. The molecule has 0 aromatic carbocycles. The van der Waals surface area contributed by atoms with Gasteiger partial charge in [0.25, 0.3) is 0 Å². The SMILES string of the molecule is Cn1nc(Cn2ccnc2)c2c1CN(CC1CCOC1)C2. The molecule has 2 aromatic rings. The minimum Gasteiger partial charge on any atom is -0.381 e. The fraction of sp³-hybridized carbons (Fsp3) is 0.600. The first-order chi connectivity index (χ1) is 10.3. The highest BCUT2D eigenvalue weighted by atomic mass is 16.5. The average Bonchev–Trinajstić information content (AvgIpc) is 3.20. The van der Waals surface area contributed by atoms with Gasteiger partial charge in [0.05, 0.1) is 30.9 Å². The second-order valence-electron chi connectivity index (χ2n) is 6.13. The Labute approximate surface area is 124 Å². The zero-order valence-corrected chi connectivity index (χ0v) is 12.4. The third kappa shape index (κ3) is 2.49. The lowest BCUT2D eigenvalue weighted by Crippen LogP contribution is -2.25. The van der Waals surface area contributed by atoms with Crippen molar-refractivity contribution in [3.05, 3.63) is 35.7 Å². The van der Waals surface area contributed by atoms with Crippen LogP contribution in [0.5, 0.6) is 0 Å². The smallest absolute Gasteiger partial charge is 0.0949 e. The van der Waals surface area contributed by atoms with Crippen LogP contribution in [0, 0.1) is 5.92 Å². The highest BCUT2D eigenvalue weighted by Crippen LogP contribution is 2.28. The van der Waals surface area contributed by atoms with Gasteiger partial charge in [0.1, 0.15) is 0 Å². The molecule has 0 spiro atoms. The molecular weight excluding hydrogens is 266 g/mol. The third-order valence-corrected chi connectivity index (χ3v) is 4.55. The molecule has 0 bridgehead atoms. The van der Waals surface area contributed by atoms with Crippen LogP contribution in [-0.2, 0) is 31.4 Å². The van der Waals surface area contributed by atoms with Crippen LogP contribution in [0.4, 0.5) is 0 Å². The second kappa shape index (κ2) is 5.27. The van der Waals surface area contributed by atoms with Crippen LogP contribution in [-0.4, -0.2) is 44.0 Å². The van der Waals surface area contributed by atoms with Crippen molar-refractivity contribution in [1.82, 2.24) is 24.2 Å². The molecule has 0 saturated carbocycles. The van der Waals surface area contributed by atoms with Crippen molar-refractivity contribution in [2.24, 2.45) is 13.0 Å². The van der Waals surface area contributed by atoms with E-state index in [-0.39, 0.29) is 0 Å². The molecule has 6 nitrogen and oxygen atoms in total. The van der Waals surface area contributed by atoms with E-state index in [0.717, 1.165) is 39.4 Å². The number of imidazole rings is 1. The van der Waals surface area contributed by atoms with Crippen molar-refractivity contribution >= 4 is 0 Å². The molecule has 0 amide bonds. The molecule has 2 aliphatic heterocycles. The van der Waals surface area contributed by atoms with Crippen molar-refractivity contribution in [3.8, 4) is 0 Å². The maximum Gasteiger partial charge on any atom is 0.0949 e. The van der Waals surface area contributed by atoms with E-state index in [4.69, 9.17) is 9.84 Å². The Kier molecular flexibility index (Phi) is 3.27. The van der Waals surface area contributed by atoms with Crippen LogP contribution in [0.1, 0.15) is 23.4 Å². The number of hydrogen-bond acceptors (Lipinski definition) is 4. The van der Waals surface area contributed by atoms with Crippen molar-refractivity contribution < 1.29 is 4.74 Å². The zero-order chi connectivity index (χ0) is 14.2. The van der Waals surface area contributed by atoms with Crippen LogP contribution in [0.3, 0.4) is 0 Å².